The molecule has 2 unspecified atom stereocenters. The highest BCUT2D eigenvalue weighted by molar-refractivity contribution is 7.09. The number of rotatable bonds is 18. The molecular weight excluding hydrogens is 542 g/mol. The number of hydrogen-bond acceptors (Lipinski definition) is 10. The van der Waals surface area contributed by atoms with E-state index in [4.69, 9.17) is 14.3 Å². The van der Waals surface area contributed by atoms with E-state index in [1.807, 2.05) is 20.8 Å². The number of carbonyl (C=O) groups is 3. The third kappa shape index (κ3) is 10.6. The van der Waals surface area contributed by atoms with E-state index in [2.05, 4.69) is 4.98 Å². The van der Waals surface area contributed by atoms with Crippen molar-refractivity contribution >= 4 is 34.9 Å². The van der Waals surface area contributed by atoms with Gasteiger partial charge in [0, 0.05) is 43.9 Å². The number of unbranched alkanes of at least 4 members (excludes halogenated alkanes) is 1. The zero-order valence-corrected chi connectivity index (χ0v) is 24.1. The first kappa shape index (κ1) is 32.8. The largest absolute Gasteiger partial charge is 0.476 e. The van der Waals surface area contributed by atoms with Crippen LogP contribution < -0.4 is 0 Å². The van der Waals surface area contributed by atoms with Crippen LogP contribution in [-0.2, 0) is 30.5 Å². The van der Waals surface area contributed by atoms with Gasteiger partial charge in [-0.2, -0.15) is 0 Å². The van der Waals surface area contributed by atoms with Gasteiger partial charge in [0.15, 0.2) is 11.8 Å². The van der Waals surface area contributed by atoms with Gasteiger partial charge in [-0.25, -0.2) is 14.8 Å². The van der Waals surface area contributed by atoms with E-state index in [0.29, 0.717) is 24.5 Å². The van der Waals surface area contributed by atoms with Crippen LogP contribution in [-0.4, -0.2) is 57.2 Å². The van der Waals surface area contributed by atoms with Crippen molar-refractivity contribution in [2.24, 2.45) is 5.92 Å². The first-order valence-electron chi connectivity index (χ1n) is 13.1. The number of carboxylic acid groups (broad SMARTS) is 1. The SMILES string of the molecule is CCCCC(=O)N(OCCCOCc1ccc([N+](=O)[O-])cc1)C(CC(OC(C)=O)c1nc(C(=O)O)cs1)C(C)C. The van der Waals surface area contributed by atoms with E-state index in [1.54, 1.807) is 12.1 Å². The van der Waals surface area contributed by atoms with E-state index in [9.17, 15) is 29.6 Å². The van der Waals surface area contributed by atoms with Gasteiger partial charge < -0.3 is 14.6 Å². The number of nitro benzene ring substituents is 1. The molecule has 1 aromatic carbocycles. The Morgan fingerprint density at radius 1 is 1.15 bits per heavy atom. The molecule has 1 aromatic heterocycles. The number of nitrogens with zero attached hydrogens (tertiary/aromatic N) is 3. The molecule has 0 aliphatic carbocycles. The van der Waals surface area contributed by atoms with E-state index in [0.717, 1.165) is 23.3 Å². The van der Waals surface area contributed by atoms with Gasteiger partial charge in [0.1, 0.15) is 5.01 Å². The van der Waals surface area contributed by atoms with Gasteiger partial charge in [-0.15, -0.1) is 11.3 Å². The van der Waals surface area contributed by atoms with Crippen molar-refractivity contribution in [1.82, 2.24) is 10.0 Å². The standard InChI is InChI=1S/C27H37N3O9S/c1-5-6-8-25(32)29(38-14-7-13-37-16-20-9-11-21(12-10-20)30(35)36)23(18(2)3)15-24(39-19(4)31)26-28-22(17-40-26)27(33)34/h9-12,17-18,23-24H,5-8,13-16H2,1-4H3,(H,33,34). The van der Waals surface area contributed by atoms with Crippen LogP contribution in [0.5, 0.6) is 0 Å². The predicted octanol–water partition coefficient (Wildman–Crippen LogP) is 5.33. The monoisotopic (exact) mass is 579 g/mol. The maximum atomic E-state index is 13.2. The smallest absolute Gasteiger partial charge is 0.355 e. The molecule has 0 radical (unpaired) electrons. The van der Waals surface area contributed by atoms with E-state index >= 15 is 0 Å². The maximum Gasteiger partial charge on any atom is 0.355 e. The number of carboxylic acids is 1. The predicted molar refractivity (Wildman–Crippen MR) is 147 cm³/mol. The summed E-state index contributed by atoms with van der Waals surface area (Å²) in [6.45, 7) is 7.92. The Hall–Kier alpha value is -3.42. The number of hydrogen-bond donors (Lipinski definition) is 1. The van der Waals surface area contributed by atoms with Crippen molar-refractivity contribution < 1.29 is 38.7 Å². The lowest BCUT2D eigenvalue weighted by Gasteiger charge is -2.35. The second kappa shape index (κ2) is 16.6. The van der Waals surface area contributed by atoms with Crippen molar-refractivity contribution in [1.29, 1.82) is 0 Å². The average molecular weight is 580 g/mol. The van der Waals surface area contributed by atoms with E-state index in [1.165, 1.54) is 29.5 Å². The Balaban J connectivity index is 2.06. The quantitative estimate of drug-likeness (QED) is 0.106. The molecule has 0 aliphatic heterocycles. The Labute approximate surface area is 237 Å². The molecule has 0 saturated carbocycles. The number of hydroxylamine groups is 2. The molecule has 1 N–H and O–H groups in total. The number of non-ortho nitro benzene ring substituents is 1. The summed E-state index contributed by atoms with van der Waals surface area (Å²) in [5.74, 6) is -2.00. The van der Waals surface area contributed by atoms with Crippen LogP contribution in [0.15, 0.2) is 29.6 Å². The second-order valence-corrected chi connectivity index (χ2v) is 10.4. The summed E-state index contributed by atoms with van der Waals surface area (Å²) < 4.78 is 11.2. The third-order valence-electron chi connectivity index (χ3n) is 5.92. The lowest BCUT2D eigenvalue weighted by atomic mass is 9.97. The van der Waals surface area contributed by atoms with Crippen LogP contribution in [0.25, 0.3) is 0 Å². The molecule has 0 saturated heterocycles. The Morgan fingerprint density at radius 3 is 2.40 bits per heavy atom. The molecule has 2 atom stereocenters. The number of ether oxygens (including phenoxy) is 2. The number of aromatic carboxylic acids is 1. The fourth-order valence-corrected chi connectivity index (χ4v) is 4.64. The molecule has 12 nitrogen and oxygen atoms in total. The zero-order valence-electron chi connectivity index (χ0n) is 23.2. The minimum Gasteiger partial charge on any atom is -0.476 e. The van der Waals surface area contributed by atoms with Crippen molar-refractivity contribution in [2.45, 2.75) is 78.6 Å². The number of benzene rings is 1. The van der Waals surface area contributed by atoms with E-state index in [-0.39, 0.29) is 49.3 Å². The van der Waals surface area contributed by atoms with Crippen molar-refractivity contribution in [2.75, 3.05) is 13.2 Å². The topological polar surface area (TPSA) is 158 Å². The first-order valence-corrected chi connectivity index (χ1v) is 14.0. The van der Waals surface area contributed by atoms with Gasteiger partial charge in [0.25, 0.3) is 5.69 Å². The molecule has 40 heavy (non-hydrogen) atoms. The van der Waals surface area contributed by atoms with Crippen LogP contribution >= 0.6 is 11.3 Å². The third-order valence-corrected chi connectivity index (χ3v) is 6.86. The number of carbonyl (C=O) groups excluding carboxylic acids is 2. The number of thiazole rings is 1. The highest BCUT2D eigenvalue weighted by atomic mass is 32.1. The molecule has 0 spiro atoms. The Kier molecular flexibility index (Phi) is 13.6. The molecule has 2 rings (SSSR count). The van der Waals surface area contributed by atoms with Gasteiger partial charge in [0.2, 0.25) is 5.91 Å². The minimum atomic E-state index is -1.18. The second-order valence-electron chi connectivity index (χ2n) is 9.51. The van der Waals surface area contributed by atoms with E-state index < -0.39 is 29.0 Å². The molecule has 1 amide bonds. The highest BCUT2D eigenvalue weighted by Gasteiger charge is 2.33. The lowest BCUT2D eigenvalue weighted by Crippen LogP contribution is -2.44. The number of amides is 1. The Morgan fingerprint density at radius 2 is 1.85 bits per heavy atom. The van der Waals surface area contributed by atoms with Crippen molar-refractivity contribution in [3.05, 3.63) is 56.0 Å². The van der Waals surface area contributed by atoms with Gasteiger partial charge in [-0.3, -0.25) is 24.5 Å². The number of aromatic nitrogens is 1. The van der Waals surface area contributed by atoms with Crippen molar-refractivity contribution in [3.8, 4) is 0 Å². The van der Waals surface area contributed by atoms with Crippen molar-refractivity contribution in [3.63, 3.8) is 0 Å². The van der Waals surface area contributed by atoms with Crippen LogP contribution in [0.1, 0.15) is 87.0 Å². The molecule has 13 heteroatoms. The fourth-order valence-electron chi connectivity index (χ4n) is 3.81. The highest BCUT2D eigenvalue weighted by Crippen LogP contribution is 2.31. The molecule has 1 heterocycles. The first-order chi connectivity index (χ1) is 19.0. The van der Waals surface area contributed by atoms with Crippen LogP contribution in [0, 0.1) is 16.0 Å². The summed E-state index contributed by atoms with van der Waals surface area (Å²) in [5.41, 5.74) is 0.671. The van der Waals surface area contributed by atoms with Gasteiger partial charge in [-0.1, -0.05) is 27.2 Å². The van der Waals surface area contributed by atoms with Crippen LogP contribution in [0.4, 0.5) is 5.69 Å². The van der Waals surface area contributed by atoms with Crippen LogP contribution in [0.3, 0.4) is 0 Å². The zero-order chi connectivity index (χ0) is 29.7. The molecule has 0 aliphatic rings. The molecule has 0 bridgehead atoms. The fraction of sp³-hybridized carbons (Fsp3) is 0.556. The molecule has 2 aromatic rings. The van der Waals surface area contributed by atoms with Crippen LogP contribution in [0.2, 0.25) is 0 Å². The summed E-state index contributed by atoms with van der Waals surface area (Å²) in [6.07, 6.45) is 1.61. The molecular formula is C27H37N3O9S. The number of nitro groups is 1. The molecule has 220 valence electrons. The summed E-state index contributed by atoms with van der Waals surface area (Å²) in [4.78, 5) is 56.8. The van der Waals surface area contributed by atoms with Gasteiger partial charge >= 0.3 is 11.9 Å². The summed E-state index contributed by atoms with van der Waals surface area (Å²) in [6, 6.07) is 5.64. The lowest BCUT2D eigenvalue weighted by molar-refractivity contribution is -0.384. The summed E-state index contributed by atoms with van der Waals surface area (Å²) in [5, 5.41) is 23.1. The number of esters is 1. The Bertz CT molecular complexity index is 1120. The van der Waals surface area contributed by atoms with Gasteiger partial charge in [-0.05, 0) is 36.5 Å². The van der Waals surface area contributed by atoms with Gasteiger partial charge in [0.05, 0.1) is 24.2 Å². The minimum absolute atomic E-state index is 0.0119. The summed E-state index contributed by atoms with van der Waals surface area (Å²) >= 11 is 1.08. The normalized spacial score (nSPS) is 12.6. The average Bonchev–Trinajstić information content (AvgIpc) is 3.40. The molecule has 0 fully saturated rings. The summed E-state index contributed by atoms with van der Waals surface area (Å²) in [7, 11) is 0. The maximum absolute atomic E-state index is 13.2.